The number of hydrogen-bond acceptors (Lipinski definition) is 2. The first-order valence-corrected chi connectivity index (χ1v) is 6.44. The fourth-order valence-electron chi connectivity index (χ4n) is 1.48. The molecule has 2 aromatic carbocycles. The molecule has 1 unspecified atom stereocenters. The maximum atomic E-state index is 12.3. The first kappa shape index (κ1) is 13.6. The smallest absolute Gasteiger partial charge is 0.404 e. The maximum absolute atomic E-state index is 12.3. The normalized spacial score (nSPS) is 13.0. The molecule has 1 atom stereocenters. The van der Waals surface area contributed by atoms with E-state index in [1.807, 2.05) is 0 Å². The van der Waals surface area contributed by atoms with Crippen LogP contribution in [0.4, 0.5) is 13.2 Å². The van der Waals surface area contributed by atoms with Crippen LogP contribution in [0.15, 0.2) is 64.4 Å². The Balaban J connectivity index is 2.38. The molecule has 0 fully saturated rings. The molecule has 0 spiro atoms. The molecule has 0 heterocycles. The van der Waals surface area contributed by atoms with Crippen molar-refractivity contribution in [3.8, 4) is 5.75 Å². The van der Waals surface area contributed by atoms with Crippen LogP contribution < -0.4 is 4.74 Å². The molecule has 0 aliphatic heterocycles. The van der Waals surface area contributed by atoms with Crippen LogP contribution in [0.2, 0.25) is 0 Å². The lowest BCUT2D eigenvalue weighted by atomic mass is 10.3. The van der Waals surface area contributed by atoms with E-state index in [1.165, 1.54) is 18.2 Å². The third kappa shape index (κ3) is 3.57. The van der Waals surface area contributed by atoms with Gasteiger partial charge in [-0.2, -0.15) is 0 Å². The minimum atomic E-state index is -4.81. The largest absolute Gasteiger partial charge is 0.573 e. The number of ether oxygens (including phenoxy) is 1. The summed E-state index contributed by atoms with van der Waals surface area (Å²) < 4.78 is 52.9. The molecular weight excluding hydrogens is 277 g/mol. The third-order valence-electron chi connectivity index (χ3n) is 2.23. The van der Waals surface area contributed by atoms with E-state index in [1.54, 1.807) is 30.3 Å². The van der Waals surface area contributed by atoms with Crippen LogP contribution >= 0.6 is 0 Å². The second-order valence-corrected chi connectivity index (χ2v) is 5.03. The van der Waals surface area contributed by atoms with E-state index in [9.17, 15) is 17.4 Å². The molecule has 19 heavy (non-hydrogen) atoms. The molecule has 0 aliphatic rings. The van der Waals surface area contributed by atoms with E-state index < -0.39 is 22.9 Å². The van der Waals surface area contributed by atoms with Gasteiger partial charge in [-0.25, -0.2) is 4.21 Å². The number of alkyl halides is 3. The van der Waals surface area contributed by atoms with Crippen molar-refractivity contribution < 1.29 is 22.1 Å². The van der Waals surface area contributed by atoms with Gasteiger partial charge >= 0.3 is 6.36 Å². The number of halogens is 3. The van der Waals surface area contributed by atoms with Gasteiger partial charge in [0, 0.05) is 4.90 Å². The Morgan fingerprint density at radius 1 is 0.895 bits per heavy atom. The lowest BCUT2D eigenvalue weighted by Crippen LogP contribution is -2.18. The predicted octanol–water partition coefficient (Wildman–Crippen LogP) is 3.75. The van der Waals surface area contributed by atoms with Gasteiger partial charge in [0.25, 0.3) is 0 Å². The lowest BCUT2D eigenvalue weighted by Gasteiger charge is -2.12. The van der Waals surface area contributed by atoms with Crippen LogP contribution in [0, 0.1) is 0 Å². The Hall–Kier alpha value is -1.82. The van der Waals surface area contributed by atoms with Crippen molar-refractivity contribution in [2.45, 2.75) is 16.2 Å². The highest BCUT2D eigenvalue weighted by Crippen LogP contribution is 2.30. The minimum absolute atomic E-state index is 0.00831. The van der Waals surface area contributed by atoms with Crippen molar-refractivity contribution in [3.63, 3.8) is 0 Å². The molecule has 0 aliphatic carbocycles. The molecule has 0 N–H and O–H groups in total. The van der Waals surface area contributed by atoms with Gasteiger partial charge in [0.2, 0.25) is 0 Å². The highest BCUT2D eigenvalue weighted by molar-refractivity contribution is 7.85. The second-order valence-electron chi connectivity index (χ2n) is 3.58. The summed E-state index contributed by atoms with van der Waals surface area (Å²) in [6.45, 7) is 0. The summed E-state index contributed by atoms with van der Waals surface area (Å²) in [5.74, 6) is -0.447. The zero-order valence-electron chi connectivity index (χ0n) is 9.55. The molecule has 100 valence electrons. The van der Waals surface area contributed by atoms with E-state index in [0.29, 0.717) is 4.90 Å². The number of benzene rings is 2. The Bertz CT molecular complexity index is 582. The third-order valence-corrected chi connectivity index (χ3v) is 3.67. The van der Waals surface area contributed by atoms with Crippen LogP contribution in [-0.4, -0.2) is 10.6 Å². The molecule has 0 aromatic heterocycles. The van der Waals surface area contributed by atoms with Crippen LogP contribution in [-0.2, 0) is 10.8 Å². The fourth-order valence-corrected chi connectivity index (χ4v) is 2.64. The summed E-state index contributed by atoms with van der Waals surface area (Å²) in [4.78, 5) is 0.409. The Kier molecular flexibility index (Phi) is 3.90. The topological polar surface area (TPSA) is 26.3 Å². The summed E-state index contributed by atoms with van der Waals surface area (Å²) >= 11 is 0. The van der Waals surface area contributed by atoms with Crippen LogP contribution in [0.3, 0.4) is 0 Å². The van der Waals surface area contributed by atoms with Gasteiger partial charge in [-0.3, -0.25) is 0 Å². The average molecular weight is 286 g/mol. The van der Waals surface area contributed by atoms with Crippen molar-refractivity contribution in [2.24, 2.45) is 0 Å². The zero-order valence-corrected chi connectivity index (χ0v) is 10.4. The molecule has 0 amide bonds. The quantitative estimate of drug-likeness (QED) is 0.859. The first-order chi connectivity index (χ1) is 8.97. The molecule has 6 heteroatoms. The molecule has 0 bridgehead atoms. The summed E-state index contributed by atoms with van der Waals surface area (Å²) in [6.07, 6.45) is -4.81. The van der Waals surface area contributed by atoms with Gasteiger partial charge in [-0.1, -0.05) is 30.3 Å². The van der Waals surface area contributed by atoms with Crippen molar-refractivity contribution in [1.29, 1.82) is 0 Å². The summed E-state index contributed by atoms with van der Waals surface area (Å²) in [5.41, 5.74) is 0. The minimum Gasteiger partial charge on any atom is -0.404 e. The number of hydrogen-bond donors (Lipinski definition) is 0. The molecule has 2 aromatic rings. The molecular formula is C13H9F3O2S. The fraction of sp³-hybridized carbons (Fsp3) is 0.0769. The standard InChI is InChI=1S/C13H9F3O2S/c14-13(15,16)18-11-8-4-5-9-12(11)19(17)10-6-2-1-3-7-10/h1-9H. The molecule has 2 nitrogen and oxygen atoms in total. The Labute approximate surface area is 110 Å². The van der Waals surface area contributed by atoms with E-state index in [-0.39, 0.29) is 4.90 Å². The predicted molar refractivity (Wildman–Crippen MR) is 64.2 cm³/mol. The highest BCUT2D eigenvalue weighted by atomic mass is 32.2. The molecule has 0 saturated carbocycles. The van der Waals surface area contributed by atoms with Crippen LogP contribution in [0.25, 0.3) is 0 Å². The Morgan fingerprint density at radius 3 is 2.11 bits per heavy atom. The SMILES string of the molecule is O=S(c1ccccc1)c1ccccc1OC(F)(F)F. The van der Waals surface area contributed by atoms with Gasteiger partial charge in [0.15, 0.2) is 0 Å². The molecule has 2 rings (SSSR count). The van der Waals surface area contributed by atoms with E-state index in [2.05, 4.69) is 4.74 Å². The van der Waals surface area contributed by atoms with Crippen molar-refractivity contribution >= 4 is 10.8 Å². The number of rotatable bonds is 3. The van der Waals surface area contributed by atoms with Gasteiger partial charge in [0.1, 0.15) is 5.75 Å². The summed E-state index contributed by atoms with van der Waals surface area (Å²) in [6, 6.07) is 13.6. The number of para-hydroxylation sites is 1. The first-order valence-electron chi connectivity index (χ1n) is 5.29. The summed E-state index contributed by atoms with van der Waals surface area (Å²) in [7, 11) is -1.72. The highest BCUT2D eigenvalue weighted by Gasteiger charge is 2.32. The van der Waals surface area contributed by atoms with Crippen molar-refractivity contribution in [2.75, 3.05) is 0 Å². The second kappa shape index (κ2) is 5.44. The van der Waals surface area contributed by atoms with E-state index in [4.69, 9.17) is 0 Å². The van der Waals surface area contributed by atoms with Crippen LogP contribution in [0.5, 0.6) is 5.75 Å². The van der Waals surface area contributed by atoms with E-state index in [0.717, 1.165) is 6.07 Å². The van der Waals surface area contributed by atoms with Gasteiger partial charge in [-0.15, -0.1) is 13.2 Å². The Morgan fingerprint density at radius 2 is 1.47 bits per heavy atom. The van der Waals surface area contributed by atoms with Crippen molar-refractivity contribution in [3.05, 3.63) is 54.6 Å². The average Bonchev–Trinajstić information content (AvgIpc) is 2.38. The van der Waals surface area contributed by atoms with Gasteiger partial charge in [-0.05, 0) is 24.3 Å². The van der Waals surface area contributed by atoms with Crippen LogP contribution in [0.1, 0.15) is 0 Å². The summed E-state index contributed by atoms with van der Waals surface area (Å²) in [5, 5.41) is 0. The van der Waals surface area contributed by atoms with Crippen molar-refractivity contribution in [1.82, 2.24) is 0 Å². The monoisotopic (exact) mass is 286 g/mol. The van der Waals surface area contributed by atoms with Gasteiger partial charge in [0.05, 0.1) is 15.7 Å². The maximum Gasteiger partial charge on any atom is 0.573 e. The zero-order chi connectivity index (χ0) is 13.9. The van der Waals surface area contributed by atoms with Gasteiger partial charge < -0.3 is 4.74 Å². The van der Waals surface area contributed by atoms with E-state index >= 15 is 0 Å². The lowest BCUT2D eigenvalue weighted by molar-refractivity contribution is -0.275. The molecule has 0 radical (unpaired) electrons. The molecule has 0 saturated heterocycles.